The number of hydrogen-bond donors (Lipinski definition) is 5. The molecule has 2 amide bonds. The fraction of sp³-hybridized carbons (Fsp3) is 0.975. The molecule has 91 heavy (non-hydrogen) atoms. The second kappa shape index (κ2) is 71.4. The van der Waals surface area contributed by atoms with Gasteiger partial charge in [0.1, 0.15) is 0 Å². The Morgan fingerprint density at radius 2 is 0.527 bits per heavy atom. The number of rotatable bonds is 76. The SMILES string of the molecule is CCCCCCCCCCCCCCC(O)CN(CCN(C)CCC(=O)NCCNC(=O)CCN(C)CCN(CC(O)CCCCCCCCCCCCCC)CC(CCCCCCCCCCCCCC)OC)CC(O)CCCCCCCCCCCCCC. The van der Waals surface area contributed by atoms with Gasteiger partial charge in [0, 0.05) is 98.5 Å². The summed E-state index contributed by atoms with van der Waals surface area (Å²) in [6, 6.07) is 0. The largest absolute Gasteiger partial charge is 0.392 e. The average Bonchev–Trinajstić information content (AvgIpc) is 3.75. The highest BCUT2D eigenvalue weighted by molar-refractivity contribution is 5.77. The molecule has 0 aromatic rings. The summed E-state index contributed by atoms with van der Waals surface area (Å²) in [5.41, 5.74) is 0. The maximum atomic E-state index is 13.0. The Bertz CT molecular complexity index is 1430. The van der Waals surface area contributed by atoms with Crippen LogP contribution in [-0.4, -0.2) is 171 Å². The Labute approximate surface area is 567 Å². The molecule has 4 unspecified atom stereocenters. The number of amides is 2. The average molecular weight is 1290 g/mol. The van der Waals surface area contributed by atoms with Crippen molar-refractivity contribution in [3.8, 4) is 0 Å². The van der Waals surface area contributed by atoms with Gasteiger partial charge >= 0.3 is 0 Å². The van der Waals surface area contributed by atoms with E-state index in [9.17, 15) is 24.9 Å². The fourth-order valence-electron chi connectivity index (χ4n) is 13.1. The number of aliphatic hydroxyl groups is 3. The van der Waals surface area contributed by atoms with Crippen molar-refractivity contribution in [1.29, 1.82) is 0 Å². The first-order valence-corrected chi connectivity index (χ1v) is 40.4. The molecular weight excluding hydrogens is 1130 g/mol. The molecular formula is C79H162N6O6. The normalized spacial score (nSPS) is 13.3. The van der Waals surface area contributed by atoms with Crippen molar-refractivity contribution in [1.82, 2.24) is 30.2 Å². The molecule has 0 heterocycles. The fourth-order valence-corrected chi connectivity index (χ4v) is 13.1. The molecule has 0 fully saturated rings. The summed E-state index contributed by atoms with van der Waals surface area (Å²) in [5.74, 6) is -0.0396. The van der Waals surface area contributed by atoms with Gasteiger partial charge in [-0.05, 0) is 39.8 Å². The van der Waals surface area contributed by atoms with Crippen molar-refractivity contribution in [3.63, 3.8) is 0 Å². The number of nitrogens with zero attached hydrogens (tertiary/aromatic N) is 4. The van der Waals surface area contributed by atoms with Crippen LogP contribution in [0, 0.1) is 0 Å². The molecule has 0 aromatic carbocycles. The van der Waals surface area contributed by atoms with Crippen LogP contribution >= 0.6 is 0 Å². The minimum absolute atomic E-state index is 0.0136. The lowest BCUT2D eigenvalue weighted by Gasteiger charge is -2.30. The number of carbonyl (C=O) groups is 2. The van der Waals surface area contributed by atoms with Crippen LogP contribution < -0.4 is 10.6 Å². The van der Waals surface area contributed by atoms with Gasteiger partial charge < -0.3 is 40.5 Å². The molecule has 0 saturated carbocycles. The summed E-state index contributed by atoms with van der Waals surface area (Å²) in [6.07, 6.45) is 66.5. The van der Waals surface area contributed by atoms with Crippen molar-refractivity contribution < 1.29 is 29.6 Å². The number of unbranched alkanes of at least 4 members (excludes halogenated alkanes) is 44. The Balaban J connectivity index is 4.94. The number of nitrogens with one attached hydrogen (secondary N) is 2. The molecule has 0 aliphatic heterocycles. The zero-order chi connectivity index (χ0) is 66.6. The van der Waals surface area contributed by atoms with Gasteiger partial charge in [-0.2, -0.15) is 0 Å². The summed E-state index contributed by atoms with van der Waals surface area (Å²) >= 11 is 0. The highest BCUT2D eigenvalue weighted by Gasteiger charge is 2.20. The van der Waals surface area contributed by atoms with Crippen LogP contribution in [0.25, 0.3) is 0 Å². The van der Waals surface area contributed by atoms with Gasteiger partial charge in [-0.3, -0.25) is 19.4 Å². The minimum Gasteiger partial charge on any atom is -0.392 e. The van der Waals surface area contributed by atoms with E-state index in [4.69, 9.17) is 4.74 Å². The zero-order valence-corrected chi connectivity index (χ0v) is 62.3. The first-order chi connectivity index (χ1) is 44.5. The van der Waals surface area contributed by atoms with E-state index in [2.05, 4.69) is 65.0 Å². The standard InChI is InChI=1S/C79H162N6O6/c1-8-12-16-20-24-28-32-36-40-44-48-52-56-74(86)70-84(71-75(87)57-53-49-45-41-37-33-29-25-21-17-13-9-2)68-66-82(5)64-60-78(89)80-62-63-81-79(90)61-65-83(6)67-69-85(72-76(88)58-54-50-46-42-38-34-30-26-22-18-14-10-3)73-77(91-7)59-55-51-47-43-39-35-31-27-23-19-15-11-4/h74-77,86-88H,8-73H2,1-7H3,(H,80,89)(H,81,90). The van der Waals surface area contributed by atoms with Crippen LogP contribution in [0.1, 0.15) is 374 Å². The van der Waals surface area contributed by atoms with Gasteiger partial charge in [-0.15, -0.1) is 0 Å². The van der Waals surface area contributed by atoms with Crippen LogP contribution in [0.3, 0.4) is 0 Å². The molecule has 0 aromatic heterocycles. The first kappa shape index (κ1) is 89.6. The van der Waals surface area contributed by atoms with Crippen molar-refractivity contribution >= 4 is 11.8 Å². The first-order valence-electron chi connectivity index (χ1n) is 40.4. The lowest BCUT2D eigenvalue weighted by atomic mass is 10.0. The molecule has 0 spiro atoms. The van der Waals surface area contributed by atoms with E-state index in [-0.39, 0.29) is 24.0 Å². The molecule has 0 aliphatic carbocycles. The van der Waals surface area contributed by atoms with E-state index in [0.717, 1.165) is 77.7 Å². The van der Waals surface area contributed by atoms with E-state index in [0.29, 0.717) is 58.7 Å². The van der Waals surface area contributed by atoms with Crippen LogP contribution in [0.5, 0.6) is 0 Å². The molecule has 0 rings (SSSR count). The molecule has 0 radical (unpaired) electrons. The van der Waals surface area contributed by atoms with Crippen molar-refractivity contribution in [3.05, 3.63) is 0 Å². The van der Waals surface area contributed by atoms with Crippen LogP contribution in [0.4, 0.5) is 0 Å². The number of methoxy groups -OCH3 is 1. The number of aliphatic hydroxyl groups excluding tert-OH is 3. The topological polar surface area (TPSA) is 141 Å². The summed E-state index contributed by atoms with van der Waals surface area (Å²) in [7, 11) is 5.98. The molecule has 0 saturated heterocycles. The van der Waals surface area contributed by atoms with Gasteiger partial charge in [0.25, 0.3) is 0 Å². The summed E-state index contributed by atoms with van der Waals surface area (Å²) in [4.78, 5) is 35.0. The molecule has 12 nitrogen and oxygen atoms in total. The van der Waals surface area contributed by atoms with Crippen LogP contribution in [0.2, 0.25) is 0 Å². The van der Waals surface area contributed by atoms with Gasteiger partial charge in [0.05, 0.1) is 24.4 Å². The maximum Gasteiger partial charge on any atom is 0.221 e. The quantitative estimate of drug-likeness (QED) is 0.0374. The second-order valence-corrected chi connectivity index (χ2v) is 28.9. The van der Waals surface area contributed by atoms with Gasteiger partial charge in [-0.25, -0.2) is 0 Å². The second-order valence-electron chi connectivity index (χ2n) is 28.9. The summed E-state index contributed by atoms with van der Waals surface area (Å²) in [6.45, 7) is 16.9. The van der Waals surface area contributed by atoms with E-state index in [1.807, 2.05) is 14.2 Å². The molecule has 4 atom stereocenters. The predicted molar refractivity (Wildman–Crippen MR) is 395 cm³/mol. The molecule has 0 aliphatic rings. The predicted octanol–water partition coefficient (Wildman–Crippen LogP) is 18.9. The van der Waals surface area contributed by atoms with Crippen molar-refractivity contribution in [2.24, 2.45) is 0 Å². The summed E-state index contributed by atoms with van der Waals surface area (Å²) in [5, 5.41) is 39.8. The van der Waals surface area contributed by atoms with E-state index < -0.39 is 12.2 Å². The van der Waals surface area contributed by atoms with Crippen LogP contribution in [-0.2, 0) is 14.3 Å². The van der Waals surface area contributed by atoms with Gasteiger partial charge in [-0.1, -0.05) is 336 Å². The molecule has 12 heteroatoms. The van der Waals surface area contributed by atoms with Gasteiger partial charge in [0.2, 0.25) is 11.8 Å². The number of carbonyl (C=O) groups excluding carboxylic acids is 2. The lowest BCUT2D eigenvalue weighted by Crippen LogP contribution is -2.43. The number of hydrogen-bond acceptors (Lipinski definition) is 10. The van der Waals surface area contributed by atoms with E-state index >= 15 is 0 Å². The van der Waals surface area contributed by atoms with Crippen molar-refractivity contribution in [2.75, 3.05) is 99.7 Å². The number of ether oxygens (including phenoxy) is 1. The minimum atomic E-state index is -0.405. The summed E-state index contributed by atoms with van der Waals surface area (Å²) < 4.78 is 6.07. The Morgan fingerprint density at radius 1 is 0.308 bits per heavy atom. The number of likely N-dealkylation sites (N-methyl/N-ethyl adjacent to an activating group) is 2. The Kier molecular flexibility index (Phi) is 70.3. The monoisotopic (exact) mass is 1290 g/mol. The highest BCUT2D eigenvalue weighted by atomic mass is 16.5. The van der Waals surface area contributed by atoms with E-state index in [1.165, 1.54) is 289 Å². The Morgan fingerprint density at radius 3 is 0.769 bits per heavy atom. The lowest BCUT2D eigenvalue weighted by molar-refractivity contribution is -0.123. The third kappa shape index (κ3) is 67.0. The van der Waals surface area contributed by atoms with E-state index in [1.54, 1.807) is 0 Å². The maximum absolute atomic E-state index is 13.0. The molecule has 544 valence electrons. The zero-order valence-electron chi connectivity index (χ0n) is 62.3. The highest BCUT2D eigenvalue weighted by Crippen LogP contribution is 2.19. The smallest absolute Gasteiger partial charge is 0.221 e. The Hall–Kier alpha value is -1.38. The third-order valence-electron chi connectivity index (χ3n) is 19.6. The molecule has 0 bridgehead atoms. The van der Waals surface area contributed by atoms with Crippen molar-refractivity contribution in [2.45, 2.75) is 399 Å². The van der Waals surface area contributed by atoms with Gasteiger partial charge in [0.15, 0.2) is 0 Å². The van der Waals surface area contributed by atoms with Crippen LogP contribution in [0.15, 0.2) is 0 Å². The molecule has 5 N–H and O–H groups in total. The third-order valence-corrected chi connectivity index (χ3v) is 19.6.